The summed E-state index contributed by atoms with van der Waals surface area (Å²) < 4.78 is 1.79. The summed E-state index contributed by atoms with van der Waals surface area (Å²) in [5.74, 6) is -1.07. The first-order valence-electron chi connectivity index (χ1n) is 7.41. The Labute approximate surface area is 129 Å². The first kappa shape index (κ1) is 16.0. The molecule has 0 saturated heterocycles. The van der Waals surface area contributed by atoms with E-state index in [2.05, 4.69) is 4.98 Å². The summed E-state index contributed by atoms with van der Waals surface area (Å²) in [6.07, 6.45) is 2.54. The molecule has 118 valence electrons. The van der Waals surface area contributed by atoms with Gasteiger partial charge in [0.25, 0.3) is 5.91 Å². The molecule has 6 heteroatoms. The minimum atomic E-state index is -0.903. The molecule has 0 atom stereocenters. The number of imidazole rings is 1. The minimum absolute atomic E-state index is 0.0550. The number of carbonyl (C=O) groups excluding carboxylic acids is 1. The fourth-order valence-electron chi connectivity index (χ4n) is 2.54. The molecule has 0 saturated carbocycles. The fraction of sp³-hybridized carbons (Fsp3) is 0.438. The molecule has 0 fully saturated rings. The summed E-state index contributed by atoms with van der Waals surface area (Å²) in [5, 5.41) is 8.85. The van der Waals surface area contributed by atoms with Gasteiger partial charge in [0.2, 0.25) is 0 Å². The Morgan fingerprint density at radius 2 is 2.05 bits per heavy atom. The Morgan fingerprint density at radius 3 is 2.68 bits per heavy atom. The zero-order valence-corrected chi connectivity index (χ0v) is 13.2. The van der Waals surface area contributed by atoms with Crippen molar-refractivity contribution in [2.24, 2.45) is 0 Å². The molecule has 0 bridgehead atoms. The Kier molecular flexibility index (Phi) is 4.80. The summed E-state index contributed by atoms with van der Waals surface area (Å²) in [6.45, 7) is 6.46. The number of amides is 1. The molecule has 6 nitrogen and oxygen atoms in total. The Morgan fingerprint density at radius 1 is 1.32 bits per heavy atom. The van der Waals surface area contributed by atoms with Crippen LogP contribution in [0.5, 0.6) is 0 Å². The molecule has 2 aromatic rings. The third-order valence-electron chi connectivity index (χ3n) is 3.60. The lowest BCUT2D eigenvalue weighted by Crippen LogP contribution is -2.34. The highest BCUT2D eigenvalue weighted by Crippen LogP contribution is 2.17. The third kappa shape index (κ3) is 3.10. The number of rotatable bonds is 6. The maximum Gasteiger partial charge on any atom is 0.305 e. The molecule has 2 aromatic heterocycles. The van der Waals surface area contributed by atoms with Crippen LogP contribution in [0.3, 0.4) is 0 Å². The predicted molar refractivity (Wildman–Crippen MR) is 83.1 cm³/mol. The third-order valence-corrected chi connectivity index (χ3v) is 3.60. The minimum Gasteiger partial charge on any atom is -0.481 e. The number of pyridine rings is 1. The van der Waals surface area contributed by atoms with E-state index in [1.165, 1.54) is 0 Å². The van der Waals surface area contributed by atoms with E-state index in [4.69, 9.17) is 5.11 Å². The first-order valence-corrected chi connectivity index (χ1v) is 7.41. The van der Waals surface area contributed by atoms with E-state index in [9.17, 15) is 9.59 Å². The number of nitrogens with zero attached hydrogens (tertiary/aromatic N) is 3. The summed E-state index contributed by atoms with van der Waals surface area (Å²) in [7, 11) is 0. The molecule has 0 aliphatic carbocycles. The number of aryl methyl sites for hydroxylation is 2. The van der Waals surface area contributed by atoms with Gasteiger partial charge >= 0.3 is 5.97 Å². The van der Waals surface area contributed by atoms with Crippen LogP contribution in [-0.4, -0.2) is 44.4 Å². The second kappa shape index (κ2) is 6.60. The lowest BCUT2D eigenvalue weighted by Gasteiger charge is -2.21. The van der Waals surface area contributed by atoms with Gasteiger partial charge in [-0.2, -0.15) is 0 Å². The number of hydrogen-bond acceptors (Lipinski definition) is 3. The van der Waals surface area contributed by atoms with Crippen molar-refractivity contribution in [3.05, 3.63) is 35.3 Å². The molecule has 2 rings (SSSR count). The van der Waals surface area contributed by atoms with Gasteiger partial charge in [0.1, 0.15) is 11.3 Å². The highest BCUT2D eigenvalue weighted by Gasteiger charge is 2.23. The highest BCUT2D eigenvalue weighted by atomic mass is 16.4. The zero-order chi connectivity index (χ0) is 16.3. The average molecular weight is 303 g/mol. The van der Waals surface area contributed by atoms with Gasteiger partial charge in [-0.3, -0.25) is 14.0 Å². The van der Waals surface area contributed by atoms with Crippen molar-refractivity contribution < 1.29 is 14.7 Å². The normalized spacial score (nSPS) is 10.9. The van der Waals surface area contributed by atoms with Crippen LogP contribution in [0, 0.1) is 13.8 Å². The average Bonchev–Trinajstić information content (AvgIpc) is 2.80. The van der Waals surface area contributed by atoms with E-state index in [1.807, 2.05) is 32.2 Å². The SMILES string of the molecule is CCCN(CCC(=O)O)C(=O)c1c(C)nc2c(C)cccn12. The van der Waals surface area contributed by atoms with Crippen LogP contribution in [-0.2, 0) is 4.79 Å². The van der Waals surface area contributed by atoms with Crippen molar-refractivity contribution >= 4 is 17.5 Å². The van der Waals surface area contributed by atoms with Crippen LogP contribution in [0.4, 0.5) is 0 Å². The van der Waals surface area contributed by atoms with Crippen LogP contribution in [0.1, 0.15) is 41.5 Å². The summed E-state index contributed by atoms with van der Waals surface area (Å²) in [6, 6.07) is 3.83. The van der Waals surface area contributed by atoms with Gasteiger partial charge < -0.3 is 10.0 Å². The quantitative estimate of drug-likeness (QED) is 0.888. The van der Waals surface area contributed by atoms with Crippen molar-refractivity contribution in [1.82, 2.24) is 14.3 Å². The van der Waals surface area contributed by atoms with E-state index in [0.717, 1.165) is 17.6 Å². The van der Waals surface area contributed by atoms with Crippen molar-refractivity contribution in [3.63, 3.8) is 0 Å². The molecule has 1 amide bonds. The second-order valence-electron chi connectivity index (χ2n) is 5.37. The van der Waals surface area contributed by atoms with Crippen molar-refractivity contribution in [2.75, 3.05) is 13.1 Å². The lowest BCUT2D eigenvalue weighted by molar-refractivity contribution is -0.137. The van der Waals surface area contributed by atoms with Crippen LogP contribution < -0.4 is 0 Å². The van der Waals surface area contributed by atoms with Crippen LogP contribution >= 0.6 is 0 Å². The van der Waals surface area contributed by atoms with Gasteiger partial charge in [0.15, 0.2) is 0 Å². The molecule has 0 aromatic carbocycles. The molecule has 0 spiro atoms. The number of carboxylic acids is 1. The standard InChI is InChI=1S/C16H21N3O3/c1-4-8-18(10-7-13(20)21)16(22)14-12(3)17-15-11(2)6-5-9-19(14)15/h5-6,9H,4,7-8,10H2,1-3H3,(H,20,21). The molecule has 0 radical (unpaired) electrons. The van der Waals surface area contributed by atoms with Crippen molar-refractivity contribution in [1.29, 1.82) is 0 Å². The molecule has 0 unspecified atom stereocenters. The van der Waals surface area contributed by atoms with Crippen molar-refractivity contribution in [3.8, 4) is 0 Å². The molecule has 22 heavy (non-hydrogen) atoms. The molecule has 0 aliphatic heterocycles. The number of aromatic nitrogens is 2. The Balaban J connectivity index is 2.40. The summed E-state index contributed by atoms with van der Waals surface area (Å²) in [5.41, 5.74) is 2.93. The topological polar surface area (TPSA) is 74.9 Å². The lowest BCUT2D eigenvalue weighted by atomic mass is 10.2. The van der Waals surface area contributed by atoms with Gasteiger partial charge in [-0.25, -0.2) is 4.98 Å². The molecule has 2 heterocycles. The van der Waals surface area contributed by atoms with E-state index in [-0.39, 0.29) is 18.9 Å². The highest BCUT2D eigenvalue weighted by molar-refractivity contribution is 5.95. The molecule has 0 aliphatic rings. The fourth-order valence-corrected chi connectivity index (χ4v) is 2.54. The van der Waals surface area contributed by atoms with Gasteiger partial charge in [0, 0.05) is 19.3 Å². The van der Waals surface area contributed by atoms with Crippen LogP contribution in [0.25, 0.3) is 5.65 Å². The predicted octanol–water partition coefficient (Wildman–Crippen LogP) is 2.28. The number of fused-ring (bicyclic) bond motifs is 1. The number of hydrogen-bond donors (Lipinski definition) is 1. The maximum absolute atomic E-state index is 12.8. The van der Waals surface area contributed by atoms with Gasteiger partial charge in [0.05, 0.1) is 12.1 Å². The number of carbonyl (C=O) groups is 2. The summed E-state index contributed by atoms with van der Waals surface area (Å²) >= 11 is 0. The van der Waals surface area contributed by atoms with E-state index >= 15 is 0 Å². The Bertz CT molecular complexity index is 706. The largest absolute Gasteiger partial charge is 0.481 e. The summed E-state index contributed by atoms with van der Waals surface area (Å²) in [4.78, 5) is 29.7. The van der Waals surface area contributed by atoms with E-state index in [1.54, 1.807) is 16.2 Å². The van der Waals surface area contributed by atoms with Crippen LogP contribution in [0.15, 0.2) is 18.3 Å². The smallest absolute Gasteiger partial charge is 0.305 e. The zero-order valence-electron chi connectivity index (χ0n) is 13.2. The second-order valence-corrected chi connectivity index (χ2v) is 5.37. The monoisotopic (exact) mass is 303 g/mol. The van der Waals surface area contributed by atoms with E-state index < -0.39 is 5.97 Å². The van der Waals surface area contributed by atoms with Gasteiger partial charge in [-0.15, -0.1) is 0 Å². The molecular formula is C16H21N3O3. The van der Waals surface area contributed by atoms with Gasteiger partial charge in [-0.05, 0) is 31.9 Å². The van der Waals surface area contributed by atoms with Crippen molar-refractivity contribution in [2.45, 2.75) is 33.6 Å². The first-order chi connectivity index (χ1) is 10.5. The maximum atomic E-state index is 12.8. The van der Waals surface area contributed by atoms with E-state index in [0.29, 0.717) is 17.9 Å². The Hall–Kier alpha value is -2.37. The number of aliphatic carboxylic acids is 1. The molecule has 1 N–H and O–H groups in total. The number of carboxylic acid groups (broad SMARTS) is 1. The van der Waals surface area contributed by atoms with Crippen LogP contribution in [0.2, 0.25) is 0 Å². The van der Waals surface area contributed by atoms with Gasteiger partial charge in [-0.1, -0.05) is 13.0 Å². The molecular weight excluding hydrogens is 282 g/mol.